The van der Waals surface area contributed by atoms with Crippen LogP contribution in [0.3, 0.4) is 0 Å². The first-order valence-corrected chi connectivity index (χ1v) is 6.95. The molecule has 0 fully saturated rings. The highest BCUT2D eigenvalue weighted by Gasteiger charge is 2.33. The van der Waals surface area contributed by atoms with Crippen LogP contribution >= 0.6 is 0 Å². The minimum atomic E-state index is -0.804. The Bertz CT molecular complexity index is 680. The maximum absolute atomic E-state index is 11.6. The lowest BCUT2D eigenvalue weighted by Crippen LogP contribution is -2.47. The van der Waals surface area contributed by atoms with E-state index in [-0.39, 0.29) is 0 Å². The predicted molar refractivity (Wildman–Crippen MR) is 76.6 cm³/mol. The van der Waals surface area contributed by atoms with Crippen LogP contribution in [-0.2, 0) is 24.4 Å². The average Bonchev–Trinajstić information content (AvgIpc) is 2.79. The van der Waals surface area contributed by atoms with Crippen molar-refractivity contribution in [1.29, 1.82) is 0 Å². The Labute approximate surface area is 123 Å². The molecule has 21 heavy (non-hydrogen) atoms. The summed E-state index contributed by atoms with van der Waals surface area (Å²) in [6.07, 6.45) is 0. The molecule has 1 aliphatic rings. The fourth-order valence-electron chi connectivity index (χ4n) is 2.80. The normalized spacial score (nSPS) is 18.5. The van der Waals surface area contributed by atoms with Gasteiger partial charge in [0.05, 0.1) is 13.1 Å². The number of carbonyl (C=O) groups is 1. The van der Waals surface area contributed by atoms with Crippen LogP contribution in [0.4, 0.5) is 0 Å². The molecule has 0 saturated heterocycles. The molecule has 1 aliphatic heterocycles. The van der Waals surface area contributed by atoms with E-state index in [2.05, 4.69) is 16.3 Å². The Morgan fingerprint density at radius 1 is 1.38 bits per heavy atom. The third-order valence-electron chi connectivity index (χ3n) is 3.91. The largest absolute Gasteiger partial charge is 0.480 e. The SMILES string of the molecule is Cc1cccc(CN2Cc3nnc(C)n3CC2C(=O)O)c1. The van der Waals surface area contributed by atoms with Crippen molar-refractivity contribution in [3.8, 4) is 0 Å². The van der Waals surface area contributed by atoms with Gasteiger partial charge in [-0.2, -0.15) is 0 Å². The number of rotatable bonds is 3. The molecule has 1 aromatic carbocycles. The molecule has 110 valence electrons. The third kappa shape index (κ3) is 2.67. The maximum Gasteiger partial charge on any atom is 0.322 e. The first kappa shape index (κ1) is 13.8. The summed E-state index contributed by atoms with van der Waals surface area (Å²) in [5.41, 5.74) is 2.29. The molecule has 0 aliphatic carbocycles. The Morgan fingerprint density at radius 3 is 2.90 bits per heavy atom. The zero-order valence-electron chi connectivity index (χ0n) is 12.2. The summed E-state index contributed by atoms with van der Waals surface area (Å²) in [4.78, 5) is 13.5. The van der Waals surface area contributed by atoms with Gasteiger partial charge in [0.15, 0.2) is 0 Å². The minimum Gasteiger partial charge on any atom is -0.480 e. The highest BCUT2D eigenvalue weighted by Crippen LogP contribution is 2.20. The van der Waals surface area contributed by atoms with Crippen molar-refractivity contribution in [2.75, 3.05) is 0 Å². The number of carboxylic acids is 1. The van der Waals surface area contributed by atoms with Crippen LogP contribution in [0.2, 0.25) is 0 Å². The Hall–Kier alpha value is -2.21. The van der Waals surface area contributed by atoms with E-state index in [0.29, 0.717) is 19.6 Å². The van der Waals surface area contributed by atoms with Gasteiger partial charge < -0.3 is 9.67 Å². The highest BCUT2D eigenvalue weighted by atomic mass is 16.4. The summed E-state index contributed by atoms with van der Waals surface area (Å²) in [5, 5.41) is 17.7. The molecule has 2 aromatic rings. The van der Waals surface area contributed by atoms with Crippen molar-refractivity contribution in [1.82, 2.24) is 19.7 Å². The first-order chi connectivity index (χ1) is 10.0. The second-order valence-electron chi connectivity index (χ2n) is 5.52. The van der Waals surface area contributed by atoms with E-state index in [1.54, 1.807) is 0 Å². The summed E-state index contributed by atoms with van der Waals surface area (Å²) < 4.78 is 1.89. The predicted octanol–water partition coefficient (Wildman–Crippen LogP) is 1.36. The van der Waals surface area contributed by atoms with E-state index >= 15 is 0 Å². The Morgan fingerprint density at radius 2 is 2.19 bits per heavy atom. The number of benzene rings is 1. The van der Waals surface area contributed by atoms with Crippen molar-refractivity contribution < 1.29 is 9.90 Å². The number of fused-ring (bicyclic) bond motifs is 1. The van der Waals surface area contributed by atoms with Gasteiger partial charge in [-0.3, -0.25) is 9.69 Å². The second-order valence-corrected chi connectivity index (χ2v) is 5.52. The van der Waals surface area contributed by atoms with Gasteiger partial charge in [-0.25, -0.2) is 0 Å². The lowest BCUT2D eigenvalue weighted by molar-refractivity contribution is -0.145. The van der Waals surface area contributed by atoms with E-state index in [4.69, 9.17) is 0 Å². The number of aromatic nitrogens is 3. The number of aryl methyl sites for hydroxylation is 2. The number of hydrogen-bond acceptors (Lipinski definition) is 4. The van der Waals surface area contributed by atoms with Crippen LogP contribution in [0, 0.1) is 13.8 Å². The van der Waals surface area contributed by atoms with Gasteiger partial charge >= 0.3 is 5.97 Å². The van der Waals surface area contributed by atoms with Crippen LogP contribution in [-0.4, -0.2) is 36.8 Å². The summed E-state index contributed by atoms with van der Waals surface area (Å²) >= 11 is 0. The zero-order valence-corrected chi connectivity index (χ0v) is 12.2. The van der Waals surface area contributed by atoms with E-state index in [1.807, 2.05) is 41.5 Å². The summed E-state index contributed by atoms with van der Waals surface area (Å²) in [7, 11) is 0. The van der Waals surface area contributed by atoms with Crippen molar-refractivity contribution in [3.63, 3.8) is 0 Å². The molecule has 2 heterocycles. The zero-order chi connectivity index (χ0) is 15.0. The van der Waals surface area contributed by atoms with E-state index in [9.17, 15) is 9.90 Å². The van der Waals surface area contributed by atoms with Crippen molar-refractivity contribution >= 4 is 5.97 Å². The van der Waals surface area contributed by atoms with Gasteiger partial charge in [-0.1, -0.05) is 29.8 Å². The molecule has 6 nitrogen and oxygen atoms in total. The monoisotopic (exact) mass is 286 g/mol. The maximum atomic E-state index is 11.6. The molecule has 0 spiro atoms. The molecule has 1 aromatic heterocycles. The van der Waals surface area contributed by atoms with Crippen LogP contribution in [0.1, 0.15) is 22.8 Å². The third-order valence-corrected chi connectivity index (χ3v) is 3.91. The molecule has 1 atom stereocenters. The van der Waals surface area contributed by atoms with Crippen molar-refractivity contribution in [3.05, 3.63) is 47.0 Å². The standard InChI is InChI=1S/C15H18N4O2/c1-10-4-3-5-12(6-10)7-18-9-14-17-16-11(2)19(14)8-13(18)15(20)21/h3-6,13H,7-9H2,1-2H3,(H,20,21). The van der Waals surface area contributed by atoms with E-state index in [1.165, 1.54) is 5.56 Å². The lowest BCUT2D eigenvalue weighted by atomic mass is 10.1. The van der Waals surface area contributed by atoms with Gasteiger partial charge in [-0.05, 0) is 19.4 Å². The molecule has 1 N–H and O–H groups in total. The number of aliphatic carboxylic acids is 1. The fourth-order valence-corrected chi connectivity index (χ4v) is 2.80. The van der Waals surface area contributed by atoms with Gasteiger partial charge in [0.25, 0.3) is 0 Å². The van der Waals surface area contributed by atoms with E-state index in [0.717, 1.165) is 17.2 Å². The first-order valence-electron chi connectivity index (χ1n) is 6.95. The van der Waals surface area contributed by atoms with Crippen LogP contribution in [0.25, 0.3) is 0 Å². The lowest BCUT2D eigenvalue weighted by Gasteiger charge is -2.33. The van der Waals surface area contributed by atoms with Crippen LogP contribution < -0.4 is 0 Å². The summed E-state index contributed by atoms with van der Waals surface area (Å²) in [6, 6.07) is 7.60. The topological polar surface area (TPSA) is 71.2 Å². The average molecular weight is 286 g/mol. The molecule has 6 heteroatoms. The molecule has 0 amide bonds. The van der Waals surface area contributed by atoms with Crippen molar-refractivity contribution in [2.24, 2.45) is 0 Å². The molecule has 3 rings (SSSR count). The van der Waals surface area contributed by atoms with Crippen LogP contribution in [0.15, 0.2) is 24.3 Å². The molecule has 0 saturated carbocycles. The number of carboxylic acid groups (broad SMARTS) is 1. The Balaban J connectivity index is 1.87. The van der Waals surface area contributed by atoms with Gasteiger partial charge in [0.2, 0.25) is 0 Å². The van der Waals surface area contributed by atoms with Gasteiger partial charge in [0.1, 0.15) is 17.7 Å². The van der Waals surface area contributed by atoms with Crippen molar-refractivity contribution in [2.45, 2.75) is 39.5 Å². The molecular formula is C15H18N4O2. The summed E-state index contributed by atoms with van der Waals surface area (Å²) in [5.74, 6) is 0.797. The Kier molecular flexibility index (Phi) is 3.47. The number of hydrogen-bond donors (Lipinski definition) is 1. The highest BCUT2D eigenvalue weighted by molar-refractivity contribution is 5.73. The van der Waals surface area contributed by atoms with E-state index < -0.39 is 12.0 Å². The molecular weight excluding hydrogens is 268 g/mol. The number of nitrogens with zero attached hydrogens (tertiary/aromatic N) is 4. The quantitative estimate of drug-likeness (QED) is 0.922. The summed E-state index contributed by atoms with van der Waals surface area (Å²) in [6.45, 7) is 5.39. The van der Waals surface area contributed by atoms with Crippen LogP contribution in [0.5, 0.6) is 0 Å². The molecule has 0 radical (unpaired) electrons. The van der Waals surface area contributed by atoms with Gasteiger partial charge in [-0.15, -0.1) is 10.2 Å². The van der Waals surface area contributed by atoms with Gasteiger partial charge in [0, 0.05) is 6.54 Å². The molecule has 1 unspecified atom stereocenters. The molecule has 0 bridgehead atoms. The smallest absolute Gasteiger partial charge is 0.322 e. The minimum absolute atomic E-state index is 0.398. The second kappa shape index (κ2) is 5.29. The fraction of sp³-hybridized carbons (Fsp3) is 0.400.